The van der Waals surface area contributed by atoms with E-state index in [2.05, 4.69) is 38.0 Å². The Morgan fingerprint density at radius 1 is 1.56 bits per heavy atom. The summed E-state index contributed by atoms with van der Waals surface area (Å²) in [4.78, 5) is 4.37. The molecule has 6 heteroatoms. The maximum absolute atomic E-state index is 5.91. The van der Waals surface area contributed by atoms with Gasteiger partial charge in [-0.1, -0.05) is 19.3 Å². The molecule has 3 N–H and O–H groups in total. The number of hydrogen-bond acceptors (Lipinski definition) is 2. The first-order valence-corrected chi connectivity index (χ1v) is 7.47. The summed E-state index contributed by atoms with van der Waals surface area (Å²) in [6.07, 6.45) is 8.33. The van der Waals surface area contributed by atoms with Crippen molar-refractivity contribution in [2.75, 3.05) is 0 Å². The summed E-state index contributed by atoms with van der Waals surface area (Å²) in [6, 6.07) is 0.505. The van der Waals surface area contributed by atoms with Gasteiger partial charge in [-0.2, -0.15) is 5.10 Å². The molecule has 1 heterocycles. The highest BCUT2D eigenvalue weighted by molar-refractivity contribution is 14.1. The van der Waals surface area contributed by atoms with E-state index in [0.717, 1.165) is 9.26 Å². The van der Waals surface area contributed by atoms with Gasteiger partial charge < -0.3 is 11.1 Å². The Hall–Kier alpha value is -0.790. The van der Waals surface area contributed by atoms with Gasteiger partial charge in [0.1, 0.15) is 0 Å². The van der Waals surface area contributed by atoms with Crippen molar-refractivity contribution in [2.45, 2.75) is 44.7 Å². The van der Waals surface area contributed by atoms with Crippen LogP contribution in [-0.4, -0.2) is 21.8 Å². The van der Waals surface area contributed by atoms with E-state index < -0.39 is 0 Å². The van der Waals surface area contributed by atoms with Crippen LogP contribution in [0.4, 0.5) is 0 Å². The molecule has 0 bridgehead atoms. The number of rotatable bonds is 3. The summed E-state index contributed by atoms with van der Waals surface area (Å²) in [5.74, 6) is 0.545. The Labute approximate surface area is 121 Å². The minimum absolute atomic E-state index is 0.505. The van der Waals surface area contributed by atoms with Crippen LogP contribution in [0.1, 0.15) is 37.8 Å². The normalized spacial score (nSPS) is 18.0. The van der Waals surface area contributed by atoms with Crippen molar-refractivity contribution in [3.05, 3.63) is 15.5 Å². The number of nitrogens with one attached hydrogen (secondary N) is 1. The maximum atomic E-state index is 5.91. The Morgan fingerprint density at radius 2 is 2.28 bits per heavy atom. The molecule has 0 saturated heterocycles. The molecule has 0 unspecified atom stereocenters. The average molecular weight is 361 g/mol. The van der Waals surface area contributed by atoms with Crippen molar-refractivity contribution in [2.24, 2.45) is 17.8 Å². The van der Waals surface area contributed by atoms with Crippen LogP contribution >= 0.6 is 22.6 Å². The summed E-state index contributed by atoms with van der Waals surface area (Å²) >= 11 is 2.27. The van der Waals surface area contributed by atoms with Gasteiger partial charge in [0.05, 0.1) is 15.8 Å². The van der Waals surface area contributed by atoms with Crippen molar-refractivity contribution < 1.29 is 0 Å². The third kappa shape index (κ3) is 3.86. The third-order valence-corrected chi connectivity index (χ3v) is 4.11. The van der Waals surface area contributed by atoms with Gasteiger partial charge in [0, 0.05) is 19.3 Å². The first-order valence-electron chi connectivity index (χ1n) is 6.39. The van der Waals surface area contributed by atoms with Gasteiger partial charge in [-0.3, -0.25) is 4.68 Å². The lowest BCUT2D eigenvalue weighted by atomic mass is 9.96. The SMILES string of the molecule is Cn1cc(I)c(CN=C(N)NC2CCCCC2)n1. The molecule has 1 fully saturated rings. The van der Waals surface area contributed by atoms with E-state index in [1.807, 2.05) is 13.2 Å². The van der Waals surface area contributed by atoms with Crippen molar-refractivity contribution in [3.63, 3.8) is 0 Å². The number of halogens is 1. The zero-order valence-electron chi connectivity index (χ0n) is 10.7. The second kappa shape index (κ2) is 6.40. The van der Waals surface area contributed by atoms with Crippen molar-refractivity contribution in [1.82, 2.24) is 15.1 Å². The first-order chi connectivity index (χ1) is 8.65. The van der Waals surface area contributed by atoms with Crippen LogP contribution in [0.2, 0.25) is 0 Å². The van der Waals surface area contributed by atoms with E-state index in [9.17, 15) is 0 Å². The monoisotopic (exact) mass is 361 g/mol. The number of aromatic nitrogens is 2. The minimum Gasteiger partial charge on any atom is -0.370 e. The van der Waals surface area contributed by atoms with Gasteiger partial charge in [-0.05, 0) is 35.4 Å². The molecule has 1 aromatic rings. The first kappa shape index (κ1) is 13.6. The molecule has 0 atom stereocenters. The molecule has 0 aromatic carbocycles. The zero-order valence-corrected chi connectivity index (χ0v) is 12.9. The van der Waals surface area contributed by atoms with Gasteiger partial charge in [-0.15, -0.1) is 0 Å². The topological polar surface area (TPSA) is 68.2 Å². The lowest BCUT2D eigenvalue weighted by Crippen LogP contribution is -2.41. The lowest BCUT2D eigenvalue weighted by Gasteiger charge is -2.23. The van der Waals surface area contributed by atoms with E-state index in [-0.39, 0.29) is 0 Å². The highest BCUT2D eigenvalue weighted by Crippen LogP contribution is 2.17. The van der Waals surface area contributed by atoms with Gasteiger partial charge in [0.2, 0.25) is 0 Å². The number of hydrogen-bond donors (Lipinski definition) is 2. The largest absolute Gasteiger partial charge is 0.370 e. The van der Waals surface area contributed by atoms with Crippen LogP contribution in [0.3, 0.4) is 0 Å². The van der Waals surface area contributed by atoms with Crippen LogP contribution in [0, 0.1) is 3.57 Å². The fourth-order valence-electron chi connectivity index (χ4n) is 2.27. The second-order valence-electron chi connectivity index (χ2n) is 4.78. The third-order valence-electron chi connectivity index (χ3n) is 3.21. The smallest absolute Gasteiger partial charge is 0.189 e. The minimum atomic E-state index is 0.505. The van der Waals surface area contributed by atoms with Crippen LogP contribution in [-0.2, 0) is 13.6 Å². The standard InChI is InChI=1S/C12H20IN5/c1-18-8-10(13)11(17-18)7-15-12(14)16-9-5-3-2-4-6-9/h8-9H,2-7H2,1H3,(H3,14,15,16). The molecular weight excluding hydrogens is 341 g/mol. The molecule has 0 spiro atoms. The van der Waals surface area contributed by atoms with Crippen LogP contribution < -0.4 is 11.1 Å². The summed E-state index contributed by atoms with van der Waals surface area (Å²) < 4.78 is 2.93. The zero-order chi connectivity index (χ0) is 13.0. The molecule has 18 heavy (non-hydrogen) atoms. The summed E-state index contributed by atoms with van der Waals surface area (Å²) in [7, 11) is 1.92. The quantitative estimate of drug-likeness (QED) is 0.490. The number of guanidine groups is 1. The molecule has 100 valence electrons. The Morgan fingerprint density at radius 3 is 2.89 bits per heavy atom. The van der Waals surface area contributed by atoms with Crippen LogP contribution in [0.15, 0.2) is 11.2 Å². The number of nitrogens with two attached hydrogens (primary N) is 1. The van der Waals surface area contributed by atoms with Crippen molar-refractivity contribution in [3.8, 4) is 0 Å². The molecule has 1 aliphatic carbocycles. The fourth-order valence-corrected chi connectivity index (χ4v) is 2.96. The van der Waals surface area contributed by atoms with Gasteiger partial charge in [-0.25, -0.2) is 4.99 Å². The summed E-state index contributed by atoms with van der Waals surface area (Å²) in [5, 5.41) is 7.65. The molecule has 1 saturated carbocycles. The lowest BCUT2D eigenvalue weighted by molar-refractivity contribution is 0.412. The number of aliphatic imine (C=N–C) groups is 1. The van der Waals surface area contributed by atoms with Crippen molar-refractivity contribution >= 4 is 28.6 Å². The molecule has 5 nitrogen and oxygen atoms in total. The summed E-state index contributed by atoms with van der Waals surface area (Å²) in [5.41, 5.74) is 6.89. The van der Waals surface area contributed by atoms with Gasteiger partial charge in [0.15, 0.2) is 5.96 Å². The molecule has 2 rings (SSSR count). The Balaban J connectivity index is 1.86. The molecular formula is C12H20IN5. The molecule has 0 amide bonds. The predicted octanol–water partition coefficient (Wildman–Crippen LogP) is 1.76. The van der Waals surface area contributed by atoms with Crippen LogP contribution in [0.5, 0.6) is 0 Å². The highest BCUT2D eigenvalue weighted by Gasteiger charge is 2.13. The second-order valence-corrected chi connectivity index (χ2v) is 5.94. The molecule has 0 aliphatic heterocycles. The predicted molar refractivity (Wildman–Crippen MR) is 81.3 cm³/mol. The van der Waals surface area contributed by atoms with Gasteiger partial charge in [0.25, 0.3) is 0 Å². The number of nitrogens with zero attached hydrogens (tertiary/aromatic N) is 3. The Bertz CT molecular complexity index is 420. The van der Waals surface area contributed by atoms with E-state index in [1.165, 1.54) is 32.1 Å². The van der Waals surface area contributed by atoms with E-state index >= 15 is 0 Å². The maximum Gasteiger partial charge on any atom is 0.189 e. The fraction of sp³-hybridized carbons (Fsp3) is 0.667. The average Bonchev–Trinajstić information content (AvgIpc) is 2.66. The molecule has 0 radical (unpaired) electrons. The van der Waals surface area contributed by atoms with E-state index in [0.29, 0.717) is 18.5 Å². The summed E-state index contributed by atoms with van der Waals surface area (Å²) in [6.45, 7) is 0.546. The Kier molecular flexibility index (Phi) is 4.85. The molecule has 1 aliphatic rings. The molecule has 1 aromatic heterocycles. The van der Waals surface area contributed by atoms with E-state index in [4.69, 9.17) is 5.73 Å². The van der Waals surface area contributed by atoms with Gasteiger partial charge >= 0.3 is 0 Å². The van der Waals surface area contributed by atoms with Crippen molar-refractivity contribution in [1.29, 1.82) is 0 Å². The van der Waals surface area contributed by atoms with Crippen LogP contribution in [0.25, 0.3) is 0 Å². The highest BCUT2D eigenvalue weighted by atomic mass is 127. The van der Waals surface area contributed by atoms with E-state index in [1.54, 1.807) is 4.68 Å². The number of aryl methyl sites for hydroxylation is 1.